The van der Waals surface area contributed by atoms with E-state index in [4.69, 9.17) is 4.74 Å². The number of hydrogen-bond acceptors (Lipinski definition) is 7. The van der Waals surface area contributed by atoms with Gasteiger partial charge in [-0.05, 0) is 38.5 Å². The molecule has 8 nitrogen and oxygen atoms in total. The number of ether oxygens (including phenoxy) is 1. The highest BCUT2D eigenvalue weighted by Gasteiger charge is 2.29. The second-order valence-electron chi connectivity index (χ2n) is 7.25. The van der Waals surface area contributed by atoms with Crippen molar-refractivity contribution in [2.24, 2.45) is 0 Å². The molecule has 0 bridgehead atoms. The van der Waals surface area contributed by atoms with Crippen molar-refractivity contribution in [3.63, 3.8) is 0 Å². The van der Waals surface area contributed by atoms with E-state index >= 15 is 0 Å². The van der Waals surface area contributed by atoms with Crippen LogP contribution >= 0.6 is 11.3 Å². The number of hydrogen-bond donors (Lipinski definition) is 1. The van der Waals surface area contributed by atoms with Gasteiger partial charge in [0.1, 0.15) is 5.00 Å². The average molecular weight is 466 g/mol. The molecule has 1 saturated heterocycles. The lowest BCUT2D eigenvalue weighted by Gasteiger charge is -2.33. The Morgan fingerprint density at radius 1 is 1.10 bits per heavy atom. The number of amides is 1. The molecule has 0 radical (unpaired) electrons. The Kier molecular flexibility index (Phi) is 7.47. The zero-order valence-corrected chi connectivity index (χ0v) is 19.5. The maximum Gasteiger partial charge on any atom is 0.341 e. The second-order valence-corrected chi connectivity index (χ2v) is 10.4. The van der Waals surface area contributed by atoms with E-state index in [9.17, 15) is 18.0 Å². The van der Waals surface area contributed by atoms with Gasteiger partial charge in [0.05, 0.1) is 23.6 Å². The molecule has 0 saturated carbocycles. The molecule has 0 unspecified atom stereocenters. The molecule has 1 aliphatic heterocycles. The topological polar surface area (TPSA) is 96.0 Å². The minimum absolute atomic E-state index is 0.123. The van der Waals surface area contributed by atoms with E-state index in [2.05, 4.69) is 5.32 Å². The first-order valence-corrected chi connectivity index (χ1v) is 12.3. The Bertz CT molecular complexity index is 1040. The fourth-order valence-corrected chi connectivity index (χ4v) is 5.91. The van der Waals surface area contributed by atoms with E-state index in [-0.39, 0.29) is 24.0 Å². The number of nitrogens with zero attached hydrogens (tertiary/aromatic N) is 2. The summed E-state index contributed by atoms with van der Waals surface area (Å²) in [5.41, 5.74) is 1.20. The molecule has 0 spiro atoms. The minimum Gasteiger partial charge on any atom is -0.462 e. The number of carbonyl (C=O) groups is 2. The van der Waals surface area contributed by atoms with Crippen LogP contribution < -0.4 is 5.32 Å². The number of thiophene rings is 1. The molecule has 1 aliphatic rings. The van der Waals surface area contributed by atoms with Crippen molar-refractivity contribution in [3.05, 3.63) is 46.3 Å². The second kappa shape index (κ2) is 9.90. The number of rotatable bonds is 7. The molecular weight excluding hydrogens is 438 g/mol. The van der Waals surface area contributed by atoms with Crippen LogP contribution in [0.1, 0.15) is 27.7 Å². The fraction of sp³-hybridized carbons (Fsp3) is 0.429. The van der Waals surface area contributed by atoms with E-state index in [1.54, 1.807) is 37.3 Å². The molecule has 1 N–H and O–H groups in total. The number of carbonyl (C=O) groups excluding carboxylic acids is 2. The summed E-state index contributed by atoms with van der Waals surface area (Å²) in [6, 6.07) is 8.35. The molecule has 0 aliphatic carbocycles. The van der Waals surface area contributed by atoms with Crippen molar-refractivity contribution in [2.45, 2.75) is 25.7 Å². The highest BCUT2D eigenvalue weighted by Crippen LogP contribution is 2.33. The zero-order chi connectivity index (χ0) is 22.6. The summed E-state index contributed by atoms with van der Waals surface area (Å²) in [5.74, 6) is -0.689. The predicted octanol–water partition coefficient (Wildman–Crippen LogP) is 2.49. The largest absolute Gasteiger partial charge is 0.462 e. The Morgan fingerprint density at radius 3 is 2.35 bits per heavy atom. The van der Waals surface area contributed by atoms with E-state index in [1.807, 2.05) is 18.7 Å². The number of aryl methyl sites for hydroxylation is 1. The molecule has 1 aromatic heterocycles. The number of esters is 1. The Morgan fingerprint density at radius 2 is 1.74 bits per heavy atom. The van der Waals surface area contributed by atoms with Crippen molar-refractivity contribution >= 4 is 38.2 Å². The predicted molar refractivity (Wildman–Crippen MR) is 120 cm³/mol. The van der Waals surface area contributed by atoms with Crippen LogP contribution in [-0.2, 0) is 19.6 Å². The Labute approximate surface area is 186 Å². The van der Waals surface area contributed by atoms with Crippen molar-refractivity contribution in [1.29, 1.82) is 0 Å². The summed E-state index contributed by atoms with van der Waals surface area (Å²) in [4.78, 5) is 28.0. The van der Waals surface area contributed by atoms with E-state index in [1.165, 1.54) is 15.6 Å². The number of anilines is 1. The van der Waals surface area contributed by atoms with Crippen molar-refractivity contribution in [2.75, 3.05) is 44.6 Å². The van der Waals surface area contributed by atoms with Crippen molar-refractivity contribution < 1.29 is 22.7 Å². The van der Waals surface area contributed by atoms with Crippen molar-refractivity contribution in [1.82, 2.24) is 9.21 Å². The molecule has 1 amide bonds. The molecule has 168 valence electrons. The normalized spacial score (nSPS) is 15.6. The standard InChI is InChI=1S/C21H27N3O5S2/c1-4-29-21(26)19-15(2)16(3)30-20(19)22-18(25)14-23-10-12-24(13-11-23)31(27,28)17-8-6-5-7-9-17/h5-9H,4,10-14H2,1-3H3,(H,22,25). The van der Waals surface area contributed by atoms with Crippen LogP contribution in [0.15, 0.2) is 35.2 Å². The maximum absolute atomic E-state index is 12.7. The summed E-state index contributed by atoms with van der Waals surface area (Å²) >= 11 is 1.35. The van der Waals surface area contributed by atoms with Gasteiger partial charge in [0, 0.05) is 31.1 Å². The molecular formula is C21H27N3O5S2. The number of sulfonamides is 1. The number of nitrogens with one attached hydrogen (secondary N) is 1. The molecule has 0 atom stereocenters. The molecule has 1 aromatic carbocycles. The highest BCUT2D eigenvalue weighted by molar-refractivity contribution is 7.89. The van der Waals surface area contributed by atoms with E-state index < -0.39 is 16.0 Å². The summed E-state index contributed by atoms with van der Waals surface area (Å²) in [7, 11) is -3.53. The minimum atomic E-state index is -3.53. The number of benzene rings is 1. The molecule has 10 heteroatoms. The van der Waals surface area contributed by atoms with E-state index in [0.717, 1.165) is 10.4 Å². The summed E-state index contributed by atoms with van der Waals surface area (Å²) < 4.78 is 32.0. The fourth-order valence-electron chi connectivity index (χ4n) is 3.40. The molecule has 2 heterocycles. The van der Waals surface area contributed by atoms with Gasteiger partial charge in [0.25, 0.3) is 0 Å². The van der Waals surface area contributed by atoms with Gasteiger partial charge in [-0.25, -0.2) is 13.2 Å². The number of piperazine rings is 1. The van der Waals surface area contributed by atoms with Gasteiger partial charge < -0.3 is 10.1 Å². The van der Waals surface area contributed by atoms with Crippen LogP contribution in [0.25, 0.3) is 0 Å². The molecule has 31 heavy (non-hydrogen) atoms. The monoisotopic (exact) mass is 465 g/mol. The lowest BCUT2D eigenvalue weighted by molar-refractivity contribution is -0.117. The summed E-state index contributed by atoms with van der Waals surface area (Å²) in [6.07, 6.45) is 0. The lowest BCUT2D eigenvalue weighted by atomic mass is 10.1. The van der Waals surface area contributed by atoms with Crippen LogP contribution in [0, 0.1) is 13.8 Å². The van der Waals surface area contributed by atoms with Crippen LogP contribution in [0.3, 0.4) is 0 Å². The first-order valence-electron chi connectivity index (χ1n) is 10.1. The molecule has 2 aromatic rings. The van der Waals surface area contributed by atoms with E-state index in [0.29, 0.717) is 36.7 Å². The van der Waals surface area contributed by atoms with Gasteiger partial charge in [-0.3, -0.25) is 9.69 Å². The first kappa shape index (κ1) is 23.4. The third-order valence-corrected chi connectivity index (χ3v) is 8.23. The first-order chi connectivity index (χ1) is 14.7. The quantitative estimate of drug-likeness (QED) is 0.631. The van der Waals surface area contributed by atoms with Gasteiger partial charge in [0.2, 0.25) is 15.9 Å². The SMILES string of the molecule is CCOC(=O)c1c(NC(=O)CN2CCN(S(=O)(=O)c3ccccc3)CC2)sc(C)c1C. The lowest BCUT2D eigenvalue weighted by Crippen LogP contribution is -2.50. The third kappa shape index (κ3) is 5.32. The van der Waals surface area contributed by atoms with Gasteiger partial charge >= 0.3 is 5.97 Å². The summed E-state index contributed by atoms with van der Waals surface area (Å²) in [6.45, 7) is 7.38. The molecule has 3 rings (SSSR count). The maximum atomic E-state index is 12.7. The average Bonchev–Trinajstić information content (AvgIpc) is 3.02. The van der Waals surface area contributed by atoms with Gasteiger partial charge in [-0.15, -0.1) is 11.3 Å². The summed E-state index contributed by atoms with van der Waals surface area (Å²) in [5, 5.41) is 3.32. The van der Waals surface area contributed by atoms with Gasteiger partial charge in [-0.1, -0.05) is 18.2 Å². The van der Waals surface area contributed by atoms with Crippen LogP contribution in [0.4, 0.5) is 5.00 Å². The van der Waals surface area contributed by atoms with Crippen LogP contribution in [0.5, 0.6) is 0 Å². The zero-order valence-electron chi connectivity index (χ0n) is 17.9. The van der Waals surface area contributed by atoms with Crippen LogP contribution in [-0.4, -0.2) is 68.8 Å². The third-order valence-electron chi connectivity index (χ3n) is 5.20. The smallest absolute Gasteiger partial charge is 0.341 e. The van der Waals surface area contributed by atoms with Gasteiger partial charge in [0.15, 0.2) is 0 Å². The highest BCUT2D eigenvalue weighted by atomic mass is 32.2. The Balaban J connectivity index is 1.59. The Hall–Kier alpha value is -2.27. The van der Waals surface area contributed by atoms with Gasteiger partial charge in [-0.2, -0.15) is 4.31 Å². The van der Waals surface area contributed by atoms with Crippen molar-refractivity contribution in [3.8, 4) is 0 Å². The van der Waals surface area contributed by atoms with Crippen LogP contribution in [0.2, 0.25) is 0 Å². The molecule has 1 fully saturated rings.